The van der Waals surface area contributed by atoms with Crippen LogP contribution in [0.25, 0.3) is 0 Å². The van der Waals surface area contributed by atoms with Crippen LogP contribution in [0.3, 0.4) is 0 Å². The number of nitrogens with one attached hydrogen (secondary N) is 1. The van der Waals surface area contributed by atoms with Gasteiger partial charge in [0.05, 0.1) is 18.6 Å². The Hall–Kier alpha value is -3.78. The van der Waals surface area contributed by atoms with Gasteiger partial charge in [0.2, 0.25) is 16.7 Å². The van der Waals surface area contributed by atoms with Gasteiger partial charge in [-0.15, -0.1) is 11.8 Å². The van der Waals surface area contributed by atoms with Crippen molar-refractivity contribution in [2.75, 3.05) is 34.5 Å². The zero-order valence-electron chi connectivity index (χ0n) is 18.8. The number of fused-ring (bicyclic) bond motifs is 2. The van der Waals surface area contributed by atoms with Gasteiger partial charge < -0.3 is 10.1 Å². The predicted molar refractivity (Wildman–Crippen MR) is 133 cm³/mol. The van der Waals surface area contributed by atoms with Crippen LogP contribution in [0.15, 0.2) is 72.8 Å². The van der Waals surface area contributed by atoms with E-state index in [1.54, 1.807) is 36.3 Å². The fourth-order valence-corrected chi connectivity index (χ4v) is 5.81. The highest BCUT2D eigenvalue weighted by Gasteiger charge is 2.61. The lowest BCUT2D eigenvalue weighted by Crippen LogP contribution is -2.50. The molecule has 1 atom stereocenters. The molecule has 1 unspecified atom stereocenters. The van der Waals surface area contributed by atoms with Crippen LogP contribution < -0.4 is 19.9 Å². The molecule has 0 radical (unpaired) electrons. The van der Waals surface area contributed by atoms with Crippen LogP contribution in [-0.2, 0) is 19.3 Å². The second kappa shape index (κ2) is 8.53. The molecule has 2 heterocycles. The van der Waals surface area contributed by atoms with Gasteiger partial charge in [-0.1, -0.05) is 42.0 Å². The SMILES string of the molecule is COc1cccc(NC(=O)CN2C(=O)C3(SCC(=O)N3c3ccc(C)cc3)c3ccccc32)c1. The van der Waals surface area contributed by atoms with Crippen LogP contribution in [0, 0.1) is 6.92 Å². The van der Waals surface area contributed by atoms with E-state index in [0.717, 1.165) is 5.56 Å². The Labute approximate surface area is 201 Å². The van der Waals surface area contributed by atoms with E-state index in [1.165, 1.54) is 16.7 Å². The maximum Gasteiger partial charge on any atom is 0.269 e. The molecule has 1 spiro atoms. The molecule has 3 aromatic rings. The summed E-state index contributed by atoms with van der Waals surface area (Å²) in [5, 5.41) is 2.83. The molecule has 1 N–H and O–H groups in total. The Balaban J connectivity index is 1.49. The summed E-state index contributed by atoms with van der Waals surface area (Å²) >= 11 is 1.30. The standard InChI is InChI=1S/C26H23N3O4S/c1-17-10-12-19(13-11-17)29-24(31)16-34-26(29)21-8-3-4-9-22(21)28(25(26)32)15-23(30)27-18-6-5-7-20(14-18)33-2/h3-14H,15-16H2,1-2H3,(H,27,30). The van der Waals surface area contributed by atoms with Gasteiger partial charge in [0.15, 0.2) is 0 Å². The fourth-order valence-electron chi connectivity index (χ4n) is 4.45. The molecule has 3 aromatic carbocycles. The maximum atomic E-state index is 14.0. The van der Waals surface area contributed by atoms with Gasteiger partial charge in [-0.05, 0) is 37.3 Å². The number of ether oxygens (including phenoxy) is 1. The minimum absolute atomic E-state index is 0.139. The molecule has 34 heavy (non-hydrogen) atoms. The summed E-state index contributed by atoms with van der Waals surface area (Å²) in [7, 11) is 1.56. The molecule has 1 saturated heterocycles. The number of carbonyl (C=O) groups is 3. The minimum atomic E-state index is -1.24. The highest BCUT2D eigenvalue weighted by Crippen LogP contribution is 2.55. The molecule has 5 rings (SSSR count). The van der Waals surface area contributed by atoms with Gasteiger partial charge in [0.25, 0.3) is 5.91 Å². The van der Waals surface area contributed by atoms with Crippen LogP contribution in [-0.4, -0.2) is 37.1 Å². The first-order valence-corrected chi connectivity index (χ1v) is 11.8. The predicted octanol–water partition coefficient (Wildman–Crippen LogP) is 3.92. The number of aryl methyl sites for hydroxylation is 1. The fraction of sp³-hybridized carbons (Fsp3) is 0.192. The van der Waals surface area contributed by atoms with Crippen molar-refractivity contribution in [3.8, 4) is 5.75 Å². The van der Waals surface area contributed by atoms with Crippen molar-refractivity contribution in [2.45, 2.75) is 11.8 Å². The van der Waals surface area contributed by atoms with Gasteiger partial charge in [-0.2, -0.15) is 0 Å². The highest BCUT2D eigenvalue weighted by atomic mass is 32.2. The quantitative estimate of drug-likeness (QED) is 0.608. The third kappa shape index (κ3) is 3.51. The van der Waals surface area contributed by atoms with E-state index in [4.69, 9.17) is 4.74 Å². The Morgan fingerprint density at radius 2 is 1.82 bits per heavy atom. The van der Waals surface area contributed by atoms with Gasteiger partial charge in [0, 0.05) is 23.0 Å². The number of carbonyl (C=O) groups excluding carboxylic acids is 3. The molecular weight excluding hydrogens is 450 g/mol. The molecule has 8 heteroatoms. The molecule has 0 aromatic heterocycles. The van der Waals surface area contributed by atoms with Gasteiger partial charge >= 0.3 is 0 Å². The van der Waals surface area contributed by atoms with Gasteiger partial charge in [-0.25, -0.2) is 0 Å². The molecule has 1 fully saturated rings. The van der Waals surface area contributed by atoms with Crippen LogP contribution in [0.5, 0.6) is 5.75 Å². The van der Waals surface area contributed by atoms with Gasteiger partial charge in [0.1, 0.15) is 12.3 Å². The summed E-state index contributed by atoms with van der Waals surface area (Å²) in [4.78, 5) is 41.8. The van der Waals surface area contributed by atoms with E-state index in [9.17, 15) is 14.4 Å². The Morgan fingerprint density at radius 3 is 2.59 bits per heavy atom. The molecule has 0 aliphatic carbocycles. The van der Waals surface area contributed by atoms with E-state index < -0.39 is 4.87 Å². The molecule has 3 amide bonds. The first kappa shape index (κ1) is 22.0. The van der Waals surface area contributed by atoms with E-state index in [-0.39, 0.29) is 30.0 Å². The second-order valence-electron chi connectivity index (χ2n) is 8.19. The highest BCUT2D eigenvalue weighted by molar-refractivity contribution is 8.02. The van der Waals surface area contributed by atoms with E-state index in [0.29, 0.717) is 28.4 Å². The molecule has 172 valence electrons. The number of para-hydroxylation sites is 1. The Kier molecular flexibility index (Phi) is 5.53. The van der Waals surface area contributed by atoms with Crippen molar-refractivity contribution in [1.82, 2.24) is 0 Å². The molecule has 0 saturated carbocycles. The number of hydrogen-bond donors (Lipinski definition) is 1. The number of thioether (sulfide) groups is 1. The number of amides is 3. The first-order chi connectivity index (χ1) is 16.4. The average molecular weight is 474 g/mol. The van der Waals surface area contributed by atoms with Crippen molar-refractivity contribution in [1.29, 1.82) is 0 Å². The van der Waals surface area contributed by atoms with Crippen LogP contribution >= 0.6 is 11.8 Å². The molecular formula is C26H23N3O4S. The van der Waals surface area contributed by atoms with Crippen LogP contribution in [0.2, 0.25) is 0 Å². The van der Waals surface area contributed by atoms with Crippen molar-refractivity contribution < 1.29 is 19.1 Å². The summed E-state index contributed by atoms with van der Waals surface area (Å²) in [6.45, 7) is 1.80. The average Bonchev–Trinajstić information content (AvgIpc) is 3.31. The van der Waals surface area contributed by atoms with Crippen LogP contribution in [0.1, 0.15) is 11.1 Å². The number of hydrogen-bond acceptors (Lipinski definition) is 5. The summed E-state index contributed by atoms with van der Waals surface area (Å²) in [5.41, 5.74) is 3.64. The third-order valence-electron chi connectivity index (χ3n) is 6.01. The topological polar surface area (TPSA) is 79.0 Å². The zero-order valence-corrected chi connectivity index (χ0v) is 19.6. The molecule has 0 bridgehead atoms. The van der Waals surface area contributed by atoms with Crippen LogP contribution in [0.4, 0.5) is 17.1 Å². The van der Waals surface area contributed by atoms with Crippen molar-refractivity contribution in [3.05, 3.63) is 83.9 Å². The van der Waals surface area contributed by atoms with E-state index in [2.05, 4.69) is 5.32 Å². The van der Waals surface area contributed by atoms with E-state index in [1.807, 2.05) is 55.5 Å². The third-order valence-corrected chi connectivity index (χ3v) is 7.40. The Bertz CT molecular complexity index is 1290. The number of nitrogens with zero attached hydrogens (tertiary/aromatic N) is 2. The number of anilines is 3. The summed E-state index contributed by atoms with van der Waals surface area (Å²) < 4.78 is 5.21. The monoisotopic (exact) mass is 473 g/mol. The Morgan fingerprint density at radius 1 is 1.06 bits per heavy atom. The molecule has 2 aliphatic rings. The minimum Gasteiger partial charge on any atom is -0.497 e. The molecule has 2 aliphatic heterocycles. The van der Waals surface area contributed by atoms with Gasteiger partial charge in [-0.3, -0.25) is 24.2 Å². The molecule has 7 nitrogen and oxygen atoms in total. The lowest BCUT2D eigenvalue weighted by Gasteiger charge is -2.33. The smallest absolute Gasteiger partial charge is 0.269 e. The van der Waals surface area contributed by atoms with Crippen molar-refractivity contribution in [3.63, 3.8) is 0 Å². The lowest BCUT2D eigenvalue weighted by molar-refractivity contribution is -0.124. The first-order valence-electron chi connectivity index (χ1n) is 10.8. The normalized spacial score (nSPS) is 19.0. The number of rotatable bonds is 5. The van der Waals surface area contributed by atoms with E-state index >= 15 is 0 Å². The lowest BCUT2D eigenvalue weighted by atomic mass is 10.0. The number of benzene rings is 3. The summed E-state index contributed by atoms with van der Waals surface area (Å²) in [6.07, 6.45) is 0. The van der Waals surface area contributed by atoms with Crippen molar-refractivity contribution >= 4 is 46.5 Å². The zero-order chi connectivity index (χ0) is 23.9. The number of methoxy groups -OCH3 is 1. The largest absolute Gasteiger partial charge is 0.497 e. The summed E-state index contributed by atoms with van der Waals surface area (Å²) in [6, 6.07) is 21.9. The second-order valence-corrected chi connectivity index (χ2v) is 9.35. The summed E-state index contributed by atoms with van der Waals surface area (Å²) in [5.74, 6) is 0.0156. The van der Waals surface area contributed by atoms with Crippen molar-refractivity contribution in [2.24, 2.45) is 0 Å². The maximum absolute atomic E-state index is 14.0.